The van der Waals surface area contributed by atoms with Crippen LogP contribution in [0.2, 0.25) is 0 Å². The molecule has 0 amide bonds. The van der Waals surface area contributed by atoms with Gasteiger partial charge < -0.3 is 10.2 Å². The van der Waals surface area contributed by atoms with Crippen molar-refractivity contribution in [1.29, 1.82) is 0 Å². The fourth-order valence-electron chi connectivity index (χ4n) is 0.516. The minimum Gasteiger partial charge on any atom is -0.411 e. The molecule has 0 atom stereocenters. The number of hydrogen-bond donors (Lipinski definition) is 2. The standard InChI is InChI=1S/C5H5N3O2/c9-5-6-2-1-4(8-5)3-7-10/h1-3,10H,(H,6,8,9)/b7-3+. The Morgan fingerprint density at radius 2 is 2.60 bits per heavy atom. The van der Waals surface area contributed by atoms with Gasteiger partial charge in [-0.1, -0.05) is 5.16 Å². The van der Waals surface area contributed by atoms with Gasteiger partial charge in [0, 0.05) is 6.20 Å². The molecule has 0 bridgehead atoms. The average Bonchev–Trinajstić information content (AvgIpc) is 1.88. The van der Waals surface area contributed by atoms with Crippen LogP contribution in [0.25, 0.3) is 0 Å². The lowest BCUT2D eigenvalue weighted by molar-refractivity contribution is 0.321. The molecule has 1 aromatic rings. The molecule has 1 aromatic heterocycles. The maximum Gasteiger partial charge on any atom is 0.345 e. The summed E-state index contributed by atoms with van der Waals surface area (Å²) in [6.07, 6.45) is 2.50. The SMILES string of the molecule is O=c1nc(/C=N/O)cc[nH]1. The number of nitrogens with zero attached hydrogens (tertiary/aromatic N) is 2. The molecule has 0 aromatic carbocycles. The summed E-state index contributed by atoms with van der Waals surface area (Å²) < 4.78 is 0. The maximum absolute atomic E-state index is 10.5. The summed E-state index contributed by atoms with van der Waals surface area (Å²) in [6, 6.07) is 1.52. The summed E-state index contributed by atoms with van der Waals surface area (Å²) in [5, 5.41) is 10.7. The molecule has 10 heavy (non-hydrogen) atoms. The highest BCUT2D eigenvalue weighted by Gasteiger charge is 1.87. The third-order valence-electron chi connectivity index (χ3n) is 0.882. The largest absolute Gasteiger partial charge is 0.411 e. The zero-order chi connectivity index (χ0) is 7.40. The van der Waals surface area contributed by atoms with Crippen molar-refractivity contribution in [3.63, 3.8) is 0 Å². The molecule has 5 nitrogen and oxygen atoms in total. The van der Waals surface area contributed by atoms with Gasteiger partial charge in [-0.3, -0.25) is 0 Å². The number of aromatic amines is 1. The number of oxime groups is 1. The third-order valence-corrected chi connectivity index (χ3v) is 0.882. The van der Waals surface area contributed by atoms with Gasteiger partial charge in [-0.05, 0) is 6.07 Å². The van der Waals surface area contributed by atoms with Gasteiger partial charge >= 0.3 is 5.69 Å². The zero-order valence-corrected chi connectivity index (χ0v) is 4.98. The van der Waals surface area contributed by atoms with E-state index in [0.717, 1.165) is 6.21 Å². The Bertz CT molecular complexity index is 291. The molecule has 0 saturated heterocycles. The summed E-state index contributed by atoms with van der Waals surface area (Å²) in [5.74, 6) is 0. The number of H-pyrrole nitrogens is 1. The second-order valence-corrected chi connectivity index (χ2v) is 1.56. The molecule has 0 aliphatic rings. The number of nitrogens with one attached hydrogen (secondary N) is 1. The zero-order valence-electron chi connectivity index (χ0n) is 4.98. The summed E-state index contributed by atoms with van der Waals surface area (Å²) >= 11 is 0. The normalized spacial score (nSPS) is 10.4. The minimum absolute atomic E-state index is 0.325. The van der Waals surface area contributed by atoms with Gasteiger partial charge in [-0.2, -0.15) is 4.98 Å². The molecule has 0 radical (unpaired) electrons. The van der Waals surface area contributed by atoms with E-state index in [1.807, 2.05) is 0 Å². The molecule has 2 N–H and O–H groups in total. The minimum atomic E-state index is -0.461. The van der Waals surface area contributed by atoms with Crippen LogP contribution in [0, 0.1) is 0 Å². The van der Waals surface area contributed by atoms with E-state index in [1.54, 1.807) is 0 Å². The maximum atomic E-state index is 10.5. The highest BCUT2D eigenvalue weighted by atomic mass is 16.4. The van der Waals surface area contributed by atoms with Crippen molar-refractivity contribution in [3.8, 4) is 0 Å². The van der Waals surface area contributed by atoms with E-state index in [1.165, 1.54) is 12.3 Å². The van der Waals surface area contributed by atoms with Crippen LogP contribution >= 0.6 is 0 Å². The molecule has 0 spiro atoms. The Balaban J connectivity index is 3.07. The van der Waals surface area contributed by atoms with Crippen LogP contribution in [0.15, 0.2) is 22.2 Å². The van der Waals surface area contributed by atoms with Crippen LogP contribution in [0.4, 0.5) is 0 Å². The Morgan fingerprint density at radius 3 is 3.20 bits per heavy atom. The summed E-state index contributed by atoms with van der Waals surface area (Å²) in [6.45, 7) is 0. The highest BCUT2D eigenvalue weighted by molar-refractivity contribution is 5.75. The Morgan fingerprint density at radius 1 is 1.80 bits per heavy atom. The first-order valence-corrected chi connectivity index (χ1v) is 2.56. The Labute approximate surface area is 56.0 Å². The monoisotopic (exact) mass is 139 g/mol. The van der Waals surface area contributed by atoms with Crippen molar-refractivity contribution in [2.75, 3.05) is 0 Å². The van der Waals surface area contributed by atoms with Gasteiger partial charge in [-0.15, -0.1) is 0 Å². The van der Waals surface area contributed by atoms with Crippen LogP contribution in [-0.4, -0.2) is 21.4 Å². The summed E-state index contributed by atoms with van der Waals surface area (Å²) in [5.41, 5.74) is -0.136. The first kappa shape index (κ1) is 6.47. The second-order valence-electron chi connectivity index (χ2n) is 1.56. The Hall–Kier alpha value is -1.65. The molecule has 0 aliphatic heterocycles. The van der Waals surface area contributed by atoms with E-state index in [0.29, 0.717) is 5.69 Å². The second kappa shape index (κ2) is 2.77. The highest BCUT2D eigenvalue weighted by Crippen LogP contribution is 1.80. The Kier molecular flexibility index (Phi) is 1.79. The van der Waals surface area contributed by atoms with Crippen molar-refractivity contribution in [2.24, 2.45) is 5.16 Å². The molecule has 1 heterocycles. The lowest BCUT2D eigenvalue weighted by Crippen LogP contribution is -2.10. The molecule has 0 aliphatic carbocycles. The molecule has 0 fully saturated rings. The predicted octanol–water partition coefficient (Wildman–Crippen LogP) is -0.422. The van der Waals surface area contributed by atoms with Crippen molar-refractivity contribution in [1.82, 2.24) is 9.97 Å². The lowest BCUT2D eigenvalue weighted by Gasteiger charge is -1.84. The summed E-state index contributed by atoms with van der Waals surface area (Å²) in [7, 11) is 0. The smallest absolute Gasteiger partial charge is 0.345 e. The average molecular weight is 139 g/mol. The molecule has 0 saturated carbocycles. The van der Waals surface area contributed by atoms with Gasteiger partial charge in [-0.25, -0.2) is 4.79 Å². The van der Waals surface area contributed by atoms with Gasteiger partial charge in [0.15, 0.2) is 0 Å². The number of rotatable bonds is 1. The van der Waals surface area contributed by atoms with Crippen molar-refractivity contribution in [2.45, 2.75) is 0 Å². The lowest BCUT2D eigenvalue weighted by atomic mass is 10.4. The first-order chi connectivity index (χ1) is 4.83. The van der Waals surface area contributed by atoms with Crippen LogP contribution in [0.3, 0.4) is 0 Å². The van der Waals surface area contributed by atoms with Gasteiger partial charge in [0.05, 0.1) is 11.9 Å². The number of hydrogen-bond acceptors (Lipinski definition) is 4. The van der Waals surface area contributed by atoms with Gasteiger partial charge in [0.2, 0.25) is 0 Å². The quantitative estimate of drug-likeness (QED) is 0.315. The van der Waals surface area contributed by atoms with Crippen LogP contribution < -0.4 is 5.69 Å². The fraction of sp³-hybridized carbons (Fsp3) is 0. The third kappa shape index (κ3) is 1.41. The van der Waals surface area contributed by atoms with Gasteiger partial charge in [0.1, 0.15) is 0 Å². The molecule has 0 unspecified atom stereocenters. The topological polar surface area (TPSA) is 78.3 Å². The van der Waals surface area contributed by atoms with Crippen molar-refractivity contribution < 1.29 is 5.21 Å². The predicted molar refractivity (Wildman–Crippen MR) is 34.2 cm³/mol. The van der Waals surface area contributed by atoms with Crippen molar-refractivity contribution >= 4 is 6.21 Å². The fourth-order valence-corrected chi connectivity index (χ4v) is 0.516. The molecular formula is C5H5N3O2. The van der Waals surface area contributed by atoms with E-state index in [2.05, 4.69) is 15.1 Å². The van der Waals surface area contributed by atoms with E-state index in [4.69, 9.17) is 5.21 Å². The molecular weight excluding hydrogens is 134 g/mol. The van der Waals surface area contributed by atoms with Crippen LogP contribution in [0.5, 0.6) is 0 Å². The molecule has 5 heteroatoms. The van der Waals surface area contributed by atoms with Crippen molar-refractivity contribution in [3.05, 3.63) is 28.4 Å². The summed E-state index contributed by atoms with van der Waals surface area (Å²) in [4.78, 5) is 16.2. The van der Waals surface area contributed by atoms with E-state index < -0.39 is 5.69 Å². The first-order valence-electron chi connectivity index (χ1n) is 2.56. The van der Waals surface area contributed by atoms with E-state index in [-0.39, 0.29) is 0 Å². The van der Waals surface area contributed by atoms with Crippen LogP contribution in [0.1, 0.15) is 5.69 Å². The number of aromatic nitrogens is 2. The van der Waals surface area contributed by atoms with Crippen LogP contribution in [-0.2, 0) is 0 Å². The van der Waals surface area contributed by atoms with E-state index >= 15 is 0 Å². The van der Waals surface area contributed by atoms with Gasteiger partial charge in [0.25, 0.3) is 0 Å². The molecule has 52 valence electrons. The molecule has 1 rings (SSSR count). The van der Waals surface area contributed by atoms with E-state index in [9.17, 15) is 4.79 Å².